The second-order valence-corrected chi connectivity index (χ2v) is 10.8. The Hall–Kier alpha value is -3.68. The van der Waals surface area contributed by atoms with Gasteiger partial charge in [-0.3, -0.25) is 19.3 Å². The monoisotopic (exact) mass is 567 g/mol. The van der Waals surface area contributed by atoms with Gasteiger partial charge in [-0.05, 0) is 69.8 Å². The van der Waals surface area contributed by atoms with Gasteiger partial charge in [0, 0.05) is 43.8 Å². The molecular formula is C28H41N9O4. The van der Waals surface area contributed by atoms with Crippen LogP contribution in [0.1, 0.15) is 54.9 Å². The molecule has 222 valence electrons. The van der Waals surface area contributed by atoms with Crippen molar-refractivity contribution in [1.82, 2.24) is 25.1 Å². The van der Waals surface area contributed by atoms with Gasteiger partial charge in [-0.2, -0.15) is 4.98 Å². The number of nitrogens with two attached hydrogens (primary N) is 2. The Labute approximate surface area is 239 Å². The molecule has 1 saturated heterocycles. The fourth-order valence-electron chi connectivity index (χ4n) is 5.56. The number of ether oxygens (including phenoxy) is 2. The van der Waals surface area contributed by atoms with Gasteiger partial charge in [-0.25, -0.2) is 4.79 Å². The van der Waals surface area contributed by atoms with Gasteiger partial charge in [0.05, 0.1) is 25.1 Å². The number of hydrogen-bond acceptors (Lipinski definition) is 9. The molecule has 41 heavy (non-hydrogen) atoms. The molecular weight excluding hydrogens is 526 g/mol. The molecule has 1 aromatic carbocycles. The highest BCUT2D eigenvalue weighted by Gasteiger charge is 2.26. The van der Waals surface area contributed by atoms with E-state index in [2.05, 4.69) is 30.8 Å². The smallest absolute Gasteiger partial charge is 0.350 e. The van der Waals surface area contributed by atoms with E-state index in [1.54, 1.807) is 29.0 Å². The fourth-order valence-corrected chi connectivity index (χ4v) is 5.56. The van der Waals surface area contributed by atoms with Crippen molar-refractivity contribution in [3.05, 3.63) is 40.4 Å². The molecule has 1 aromatic heterocycles. The summed E-state index contributed by atoms with van der Waals surface area (Å²) in [5.74, 6) is 1.41. The van der Waals surface area contributed by atoms with Crippen LogP contribution in [0, 0.1) is 0 Å². The zero-order chi connectivity index (χ0) is 28.6. The number of aliphatic imine (C=N–C) groups is 1. The molecule has 0 spiro atoms. The first-order valence-electron chi connectivity index (χ1n) is 14.6. The van der Waals surface area contributed by atoms with E-state index in [1.807, 2.05) is 0 Å². The summed E-state index contributed by atoms with van der Waals surface area (Å²) in [6.07, 6.45) is 7.19. The predicted molar refractivity (Wildman–Crippen MR) is 157 cm³/mol. The Morgan fingerprint density at radius 1 is 1.10 bits per heavy atom. The minimum absolute atomic E-state index is 0.0688. The summed E-state index contributed by atoms with van der Waals surface area (Å²) in [5, 5.41) is 9.73. The van der Waals surface area contributed by atoms with E-state index in [9.17, 15) is 9.59 Å². The number of nitrogens with one attached hydrogen (secondary N) is 3. The van der Waals surface area contributed by atoms with E-state index in [-0.39, 0.29) is 23.6 Å². The summed E-state index contributed by atoms with van der Waals surface area (Å²) >= 11 is 0. The number of anilines is 2. The maximum atomic E-state index is 13.0. The van der Waals surface area contributed by atoms with Gasteiger partial charge in [0.2, 0.25) is 0 Å². The average molecular weight is 568 g/mol. The summed E-state index contributed by atoms with van der Waals surface area (Å²) in [7, 11) is 0. The van der Waals surface area contributed by atoms with Gasteiger partial charge in [0.15, 0.2) is 23.3 Å². The third kappa shape index (κ3) is 7.75. The van der Waals surface area contributed by atoms with Crippen molar-refractivity contribution in [2.24, 2.45) is 16.5 Å². The highest BCUT2D eigenvalue weighted by atomic mass is 16.5. The van der Waals surface area contributed by atoms with Crippen molar-refractivity contribution < 1.29 is 14.3 Å². The SMILES string of the molecule is NC(N)=NCCCNC1CCC(n2cc3c(nc2=O)Nc2cc(C(=O)NCCCN4CCOCC4)ccc2O3)CC1. The second-order valence-electron chi connectivity index (χ2n) is 10.8. The summed E-state index contributed by atoms with van der Waals surface area (Å²) in [5.41, 5.74) is 11.5. The summed E-state index contributed by atoms with van der Waals surface area (Å²) in [4.78, 5) is 36.3. The molecule has 1 aliphatic carbocycles. The van der Waals surface area contributed by atoms with Crippen LogP contribution in [0.25, 0.3) is 0 Å². The highest BCUT2D eigenvalue weighted by molar-refractivity contribution is 5.96. The van der Waals surface area contributed by atoms with Gasteiger partial charge in [-0.15, -0.1) is 0 Å². The standard InChI is InChI=1S/C28H41N9O4/c29-27(30)33-10-1-9-31-20-4-6-21(7-5-20)37-18-24-25(35-28(37)39)34-22-17-19(3-8-23(22)41-24)26(38)32-11-2-12-36-13-15-40-16-14-36/h3,8,17-18,20-21,31H,1-2,4-7,9-16H2,(H,32,38)(H4,29,30,33)(H,34,35,39). The fraction of sp³-hybridized carbons (Fsp3) is 0.571. The van der Waals surface area contributed by atoms with Gasteiger partial charge in [0.1, 0.15) is 0 Å². The predicted octanol–water partition coefficient (Wildman–Crippen LogP) is 1.28. The number of guanidine groups is 1. The van der Waals surface area contributed by atoms with Crippen molar-refractivity contribution >= 4 is 23.4 Å². The number of rotatable bonds is 11. The lowest BCUT2D eigenvalue weighted by atomic mass is 9.91. The van der Waals surface area contributed by atoms with Crippen LogP contribution >= 0.6 is 0 Å². The van der Waals surface area contributed by atoms with Gasteiger partial charge in [0.25, 0.3) is 5.91 Å². The highest BCUT2D eigenvalue weighted by Crippen LogP contribution is 2.41. The van der Waals surface area contributed by atoms with Crippen molar-refractivity contribution in [3.8, 4) is 11.5 Å². The topological polar surface area (TPSA) is 174 Å². The van der Waals surface area contributed by atoms with Crippen LogP contribution in [0.5, 0.6) is 11.5 Å². The summed E-state index contributed by atoms with van der Waals surface area (Å²) < 4.78 is 13.2. The van der Waals surface area contributed by atoms with E-state index in [1.165, 1.54) is 0 Å². The second kappa shape index (κ2) is 13.8. The molecule has 0 radical (unpaired) electrons. The molecule has 1 saturated carbocycles. The molecule has 0 bridgehead atoms. The number of hydrogen-bond donors (Lipinski definition) is 5. The summed E-state index contributed by atoms with van der Waals surface area (Å²) in [6.45, 7) is 6.41. The molecule has 3 aliphatic rings. The first-order valence-corrected chi connectivity index (χ1v) is 14.6. The number of carbonyl (C=O) groups is 1. The number of benzene rings is 1. The molecule has 2 fully saturated rings. The first-order chi connectivity index (χ1) is 20.0. The molecule has 13 heteroatoms. The zero-order valence-electron chi connectivity index (χ0n) is 23.4. The average Bonchev–Trinajstić information content (AvgIpc) is 2.98. The Kier molecular flexibility index (Phi) is 9.70. The zero-order valence-corrected chi connectivity index (χ0v) is 23.4. The Bertz CT molecular complexity index is 1280. The van der Waals surface area contributed by atoms with E-state index < -0.39 is 0 Å². The molecule has 2 aliphatic heterocycles. The lowest BCUT2D eigenvalue weighted by Crippen LogP contribution is -2.38. The van der Waals surface area contributed by atoms with E-state index in [0.29, 0.717) is 47.7 Å². The first kappa shape index (κ1) is 28.8. The van der Waals surface area contributed by atoms with Crippen LogP contribution in [0.3, 0.4) is 0 Å². The van der Waals surface area contributed by atoms with Gasteiger partial charge >= 0.3 is 5.69 Å². The van der Waals surface area contributed by atoms with Crippen LogP contribution in [0.2, 0.25) is 0 Å². The van der Waals surface area contributed by atoms with Crippen LogP contribution in [-0.4, -0.2) is 84.8 Å². The molecule has 13 nitrogen and oxygen atoms in total. The molecule has 2 aromatic rings. The summed E-state index contributed by atoms with van der Waals surface area (Å²) in [6, 6.07) is 5.73. The third-order valence-corrected chi connectivity index (χ3v) is 7.83. The van der Waals surface area contributed by atoms with E-state index in [4.69, 9.17) is 20.9 Å². The quantitative estimate of drug-likeness (QED) is 0.129. The van der Waals surface area contributed by atoms with Crippen LogP contribution < -0.4 is 37.8 Å². The molecule has 5 rings (SSSR count). The van der Waals surface area contributed by atoms with Gasteiger partial charge < -0.3 is 36.9 Å². The van der Waals surface area contributed by atoms with Crippen molar-refractivity contribution in [3.63, 3.8) is 0 Å². The lowest BCUT2D eigenvalue weighted by Gasteiger charge is -2.31. The van der Waals surface area contributed by atoms with Crippen LogP contribution in [0.15, 0.2) is 34.2 Å². The Morgan fingerprint density at radius 3 is 2.68 bits per heavy atom. The maximum Gasteiger partial charge on any atom is 0.350 e. The van der Waals surface area contributed by atoms with Crippen molar-refractivity contribution in [2.45, 2.75) is 50.6 Å². The largest absolute Gasteiger partial charge is 0.450 e. The van der Waals surface area contributed by atoms with Crippen molar-refractivity contribution in [1.29, 1.82) is 0 Å². The molecule has 1 amide bonds. The van der Waals surface area contributed by atoms with Gasteiger partial charge in [-0.1, -0.05) is 0 Å². The Balaban J connectivity index is 1.12. The number of nitrogens with zero attached hydrogens (tertiary/aromatic N) is 4. The minimum Gasteiger partial charge on any atom is -0.450 e. The van der Waals surface area contributed by atoms with E-state index >= 15 is 0 Å². The number of amides is 1. The Morgan fingerprint density at radius 2 is 1.90 bits per heavy atom. The molecule has 3 heterocycles. The lowest BCUT2D eigenvalue weighted by molar-refractivity contribution is 0.0374. The molecule has 0 unspecified atom stereocenters. The van der Waals surface area contributed by atoms with E-state index in [0.717, 1.165) is 77.9 Å². The van der Waals surface area contributed by atoms with Crippen LogP contribution in [0.4, 0.5) is 11.5 Å². The molecule has 7 N–H and O–H groups in total. The number of aromatic nitrogens is 2. The van der Waals surface area contributed by atoms with Crippen molar-refractivity contribution in [2.75, 3.05) is 57.8 Å². The normalized spacial score (nSPS) is 20.2. The number of fused-ring (bicyclic) bond motifs is 2. The minimum atomic E-state index is -0.314. The maximum absolute atomic E-state index is 13.0. The number of morpholine rings is 1. The van der Waals surface area contributed by atoms with Crippen LogP contribution in [-0.2, 0) is 4.74 Å². The molecule has 0 atom stereocenters. The third-order valence-electron chi connectivity index (χ3n) is 7.83. The number of carbonyl (C=O) groups excluding carboxylic acids is 1.